The highest BCUT2D eigenvalue weighted by atomic mass is 35.5. The van der Waals surface area contributed by atoms with E-state index in [-0.39, 0.29) is 12.0 Å². The van der Waals surface area contributed by atoms with Crippen molar-refractivity contribution in [1.82, 2.24) is 5.06 Å². The van der Waals surface area contributed by atoms with Crippen LogP contribution in [-0.2, 0) is 9.63 Å². The second-order valence-electron chi connectivity index (χ2n) is 1.25. The molecule has 0 heterocycles. The number of amides is 1. The van der Waals surface area contributed by atoms with Gasteiger partial charge in [-0.2, -0.15) is 0 Å². The highest BCUT2D eigenvalue weighted by Crippen LogP contribution is 1.86. The Morgan fingerprint density at radius 1 is 1.88 bits per heavy atom. The minimum absolute atomic E-state index is 0.0100. The van der Waals surface area contributed by atoms with Gasteiger partial charge in [-0.15, -0.1) is 0 Å². The molecule has 1 amide bonds. The summed E-state index contributed by atoms with van der Waals surface area (Å²) >= 11 is 5.12. The van der Waals surface area contributed by atoms with Gasteiger partial charge in [0.25, 0.3) is 0 Å². The predicted molar refractivity (Wildman–Crippen MR) is 30.2 cm³/mol. The minimum atomic E-state index is -0.161. The zero-order valence-corrected chi connectivity index (χ0v) is 5.60. The summed E-state index contributed by atoms with van der Waals surface area (Å²) in [7, 11) is 1.50. The summed E-state index contributed by atoms with van der Waals surface area (Å²) in [6.07, 6.45) is 0. The van der Waals surface area contributed by atoms with Gasteiger partial charge in [-0.3, -0.25) is 9.63 Å². The first-order chi connectivity index (χ1) is 3.68. The summed E-state index contributed by atoms with van der Waals surface area (Å²) in [6.45, 7) is 1.40. The third-order valence-electron chi connectivity index (χ3n) is 0.686. The van der Waals surface area contributed by atoms with Crippen LogP contribution in [0.3, 0.4) is 0 Å². The van der Waals surface area contributed by atoms with Gasteiger partial charge in [0.15, 0.2) is 0 Å². The van der Waals surface area contributed by atoms with Crippen molar-refractivity contribution < 1.29 is 9.63 Å². The van der Waals surface area contributed by atoms with Crippen LogP contribution in [0.25, 0.3) is 0 Å². The SMILES string of the molecule is CC(=O)N(C)OCCl. The van der Waals surface area contributed by atoms with Crippen LogP contribution >= 0.6 is 11.6 Å². The lowest BCUT2D eigenvalue weighted by Crippen LogP contribution is -2.23. The number of hydrogen-bond donors (Lipinski definition) is 0. The van der Waals surface area contributed by atoms with Gasteiger partial charge >= 0.3 is 0 Å². The van der Waals surface area contributed by atoms with Gasteiger partial charge in [-0.1, -0.05) is 11.6 Å². The number of nitrogens with zero attached hydrogens (tertiary/aromatic N) is 1. The normalized spacial score (nSPS) is 8.88. The molecule has 0 aromatic carbocycles. The van der Waals surface area contributed by atoms with E-state index in [0.29, 0.717) is 0 Å². The van der Waals surface area contributed by atoms with Gasteiger partial charge < -0.3 is 0 Å². The van der Waals surface area contributed by atoms with Crippen molar-refractivity contribution in [3.8, 4) is 0 Å². The van der Waals surface area contributed by atoms with Gasteiger partial charge in [0.1, 0.15) is 6.07 Å². The van der Waals surface area contributed by atoms with Gasteiger partial charge in [-0.05, 0) is 0 Å². The molecule has 0 saturated heterocycles. The number of halogens is 1. The fourth-order valence-electron chi connectivity index (χ4n) is 0.164. The van der Waals surface area contributed by atoms with Crippen LogP contribution in [0.4, 0.5) is 0 Å². The Kier molecular flexibility index (Phi) is 3.56. The summed E-state index contributed by atoms with van der Waals surface area (Å²) in [5.41, 5.74) is 0. The highest BCUT2D eigenvalue weighted by Gasteiger charge is 1.98. The van der Waals surface area contributed by atoms with Crippen molar-refractivity contribution in [2.45, 2.75) is 6.92 Å². The second-order valence-corrected chi connectivity index (χ2v) is 1.47. The van der Waals surface area contributed by atoms with Crippen LogP contribution < -0.4 is 0 Å². The van der Waals surface area contributed by atoms with Crippen molar-refractivity contribution in [2.24, 2.45) is 0 Å². The Morgan fingerprint density at radius 3 is 2.50 bits per heavy atom. The van der Waals surface area contributed by atoms with Crippen molar-refractivity contribution in [3.63, 3.8) is 0 Å². The van der Waals surface area contributed by atoms with Crippen molar-refractivity contribution in [3.05, 3.63) is 0 Å². The molecule has 0 aromatic rings. The van der Waals surface area contributed by atoms with E-state index < -0.39 is 0 Å². The number of hydroxylamine groups is 2. The van der Waals surface area contributed by atoms with Crippen LogP contribution in [0, 0.1) is 0 Å². The molecule has 4 heteroatoms. The predicted octanol–water partition coefficient (Wildman–Crippen LogP) is 0.593. The molecule has 0 bridgehead atoms. The Hall–Kier alpha value is -0.280. The fourth-order valence-corrected chi connectivity index (χ4v) is 0.310. The highest BCUT2D eigenvalue weighted by molar-refractivity contribution is 6.17. The Labute approximate surface area is 53.1 Å². The molecule has 0 saturated carbocycles. The molecule has 0 aliphatic heterocycles. The number of rotatable bonds is 2. The van der Waals surface area contributed by atoms with E-state index in [1.165, 1.54) is 14.0 Å². The molecule has 0 aliphatic carbocycles. The van der Waals surface area contributed by atoms with E-state index in [4.69, 9.17) is 11.6 Å². The number of alkyl halides is 1. The summed E-state index contributed by atoms with van der Waals surface area (Å²) in [4.78, 5) is 14.8. The first-order valence-electron chi connectivity index (χ1n) is 2.11. The van der Waals surface area contributed by atoms with Crippen LogP contribution in [0.15, 0.2) is 0 Å². The summed E-state index contributed by atoms with van der Waals surface area (Å²) in [5, 5.41) is 1.08. The zero-order chi connectivity index (χ0) is 6.57. The second kappa shape index (κ2) is 3.69. The molecular formula is C4H8ClNO2. The molecule has 0 rings (SSSR count). The van der Waals surface area contributed by atoms with E-state index in [0.717, 1.165) is 5.06 Å². The molecule has 0 fully saturated rings. The van der Waals surface area contributed by atoms with E-state index in [1.807, 2.05) is 0 Å². The molecule has 3 nitrogen and oxygen atoms in total. The molecular weight excluding hydrogens is 130 g/mol. The Balaban J connectivity index is 3.32. The smallest absolute Gasteiger partial charge is 0.242 e. The molecule has 0 atom stereocenters. The maximum atomic E-state index is 10.3. The number of carbonyl (C=O) groups is 1. The van der Waals surface area contributed by atoms with E-state index in [1.54, 1.807) is 0 Å². The van der Waals surface area contributed by atoms with Gasteiger partial charge in [0, 0.05) is 14.0 Å². The van der Waals surface area contributed by atoms with Crippen LogP contribution in [-0.4, -0.2) is 24.1 Å². The average Bonchev–Trinajstić information content (AvgIpc) is 1.67. The number of hydrogen-bond acceptors (Lipinski definition) is 2. The largest absolute Gasteiger partial charge is 0.273 e. The minimum Gasteiger partial charge on any atom is -0.273 e. The lowest BCUT2D eigenvalue weighted by Gasteiger charge is -2.10. The Bertz CT molecular complexity index is 86.1. The summed E-state index contributed by atoms with van der Waals surface area (Å²) < 4.78 is 0. The van der Waals surface area contributed by atoms with E-state index in [9.17, 15) is 4.79 Å². The lowest BCUT2D eigenvalue weighted by atomic mass is 10.7. The van der Waals surface area contributed by atoms with Gasteiger partial charge in [-0.25, -0.2) is 5.06 Å². The first-order valence-corrected chi connectivity index (χ1v) is 2.65. The third kappa shape index (κ3) is 2.82. The van der Waals surface area contributed by atoms with Crippen LogP contribution in [0.2, 0.25) is 0 Å². The van der Waals surface area contributed by atoms with Crippen LogP contribution in [0.5, 0.6) is 0 Å². The molecule has 0 aliphatic rings. The maximum absolute atomic E-state index is 10.3. The van der Waals surface area contributed by atoms with Crippen molar-refractivity contribution in [2.75, 3.05) is 13.1 Å². The molecule has 0 N–H and O–H groups in total. The molecule has 48 valence electrons. The zero-order valence-electron chi connectivity index (χ0n) is 4.85. The standard InChI is InChI=1S/C4H8ClNO2/c1-4(7)6(2)8-3-5/h3H2,1-2H3. The van der Waals surface area contributed by atoms with Gasteiger partial charge in [0.05, 0.1) is 0 Å². The topological polar surface area (TPSA) is 29.5 Å². The number of carbonyl (C=O) groups excluding carboxylic acids is 1. The third-order valence-corrected chi connectivity index (χ3v) is 0.783. The monoisotopic (exact) mass is 137 g/mol. The average molecular weight is 138 g/mol. The lowest BCUT2D eigenvalue weighted by molar-refractivity contribution is -0.169. The quantitative estimate of drug-likeness (QED) is 0.412. The van der Waals surface area contributed by atoms with E-state index in [2.05, 4.69) is 4.84 Å². The van der Waals surface area contributed by atoms with Crippen LogP contribution in [0.1, 0.15) is 6.92 Å². The molecule has 0 spiro atoms. The molecule has 0 unspecified atom stereocenters. The van der Waals surface area contributed by atoms with E-state index >= 15 is 0 Å². The van der Waals surface area contributed by atoms with Gasteiger partial charge in [0.2, 0.25) is 5.91 Å². The maximum Gasteiger partial charge on any atom is 0.242 e. The van der Waals surface area contributed by atoms with Crippen molar-refractivity contribution >= 4 is 17.5 Å². The first kappa shape index (κ1) is 7.72. The fraction of sp³-hybridized carbons (Fsp3) is 0.750. The molecule has 0 radical (unpaired) electrons. The summed E-state index contributed by atoms with van der Waals surface area (Å²) in [5.74, 6) is -0.161. The Morgan fingerprint density at radius 2 is 2.38 bits per heavy atom. The molecule has 0 aromatic heterocycles. The summed E-state index contributed by atoms with van der Waals surface area (Å²) in [6, 6.07) is 0.0100. The molecule has 8 heavy (non-hydrogen) atoms. The van der Waals surface area contributed by atoms with Crippen molar-refractivity contribution in [1.29, 1.82) is 0 Å².